The van der Waals surface area contributed by atoms with E-state index in [9.17, 15) is 0 Å². The molecule has 0 saturated heterocycles. The van der Waals surface area contributed by atoms with Crippen LogP contribution in [-0.4, -0.2) is 13.3 Å². The monoisotopic (exact) mass is 190 g/mol. The average molecular weight is 190 g/mol. The molecule has 1 aliphatic heterocycles. The Morgan fingerprint density at radius 2 is 2.15 bits per heavy atom. The summed E-state index contributed by atoms with van der Waals surface area (Å²) >= 11 is 1.78. The van der Waals surface area contributed by atoms with Gasteiger partial charge in [-0.25, -0.2) is 0 Å². The summed E-state index contributed by atoms with van der Waals surface area (Å²) < 4.78 is 0. The fourth-order valence-electron chi connectivity index (χ4n) is 1.47. The topological polar surface area (TPSA) is 3.24 Å². The van der Waals surface area contributed by atoms with E-state index in [1.165, 1.54) is 16.1 Å². The van der Waals surface area contributed by atoms with Gasteiger partial charge in [-0.3, -0.25) is 0 Å². The maximum Gasteiger partial charge on any atom is 0.0713 e. The molecule has 0 saturated carbocycles. The van der Waals surface area contributed by atoms with Gasteiger partial charge in [0.15, 0.2) is 0 Å². The Kier molecular flexibility index (Phi) is 2.32. The van der Waals surface area contributed by atoms with Crippen molar-refractivity contribution in [2.24, 2.45) is 0 Å². The Bertz CT molecular complexity index is 344. The lowest BCUT2D eigenvalue weighted by Gasteiger charge is -2.23. The van der Waals surface area contributed by atoms with Crippen LogP contribution in [0.25, 0.3) is 6.08 Å². The summed E-state index contributed by atoms with van der Waals surface area (Å²) in [5.41, 5.74) is 2.58. The summed E-state index contributed by atoms with van der Waals surface area (Å²) in [4.78, 5) is 3.46. The fraction of sp³-hybridized carbons (Fsp3) is 0.182. The highest BCUT2D eigenvalue weighted by Crippen LogP contribution is 2.29. The van der Waals surface area contributed by atoms with Crippen molar-refractivity contribution < 1.29 is 0 Å². The van der Waals surface area contributed by atoms with Gasteiger partial charge in [-0.1, -0.05) is 12.2 Å². The second-order valence-electron chi connectivity index (χ2n) is 3.04. The maximum absolute atomic E-state index is 2.22. The van der Waals surface area contributed by atoms with Gasteiger partial charge in [0, 0.05) is 17.6 Å². The van der Waals surface area contributed by atoms with Crippen LogP contribution in [0.15, 0.2) is 29.2 Å². The number of fused-ring (bicyclic) bond motifs is 1. The molecule has 0 N–H and O–H groups in total. The molecular weight excluding hydrogens is 178 g/mol. The highest BCUT2D eigenvalue weighted by molar-refractivity contribution is 7.98. The average Bonchev–Trinajstić information content (AvgIpc) is 2.18. The molecule has 1 radical (unpaired) electrons. The van der Waals surface area contributed by atoms with Crippen LogP contribution in [0, 0.1) is 6.54 Å². The summed E-state index contributed by atoms with van der Waals surface area (Å²) in [7, 11) is 2.07. The molecule has 0 aliphatic carbocycles. The van der Waals surface area contributed by atoms with Crippen molar-refractivity contribution in [2.45, 2.75) is 4.90 Å². The molecule has 0 aromatic heterocycles. The normalized spacial score (nSPS) is 14.5. The van der Waals surface area contributed by atoms with Crippen molar-refractivity contribution in [3.63, 3.8) is 0 Å². The SMILES string of the molecule is CSc1ccc2c(c1)C=C[CH]N2C. The van der Waals surface area contributed by atoms with Crippen molar-refractivity contribution in [3.05, 3.63) is 36.4 Å². The molecule has 67 valence electrons. The van der Waals surface area contributed by atoms with E-state index >= 15 is 0 Å². The zero-order valence-electron chi connectivity index (χ0n) is 7.82. The van der Waals surface area contributed by atoms with E-state index in [2.05, 4.69) is 55.1 Å². The van der Waals surface area contributed by atoms with Crippen molar-refractivity contribution in [1.82, 2.24) is 0 Å². The fourth-order valence-corrected chi connectivity index (χ4v) is 1.92. The summed E-state index contributed by atoms with van der Waals surface area (Å²) in [5.74, 6) is 0. The number of anilines is 1. The van der Waals surface area contributed by atoms with Crippen molar-refractivity contribution in [3.8, 4) is 0 Å². The van der Waals surface area contributed by atoms with Gasteiger partial charge in [0.1, 0.15) is 0 Å². The van der Waals surface area contributed by atoms with Gasteiger partial charge >= 0.3 is 0 Å². The lowest BCUT2D eigenvalue weighted by molar-refractivity contribution is 1.11. The van der Waals surface area contributed by atoms with Gasteiger partial charge in [-0.2, -0.15) is 0 Å². The minimum Gasteiger partial charge on any atom is -0.365 e. The summed E-state index contributed by atoms with van der Waals surface area (Å²) in [6.07, 6.45) is 6.33. The first kappa shape index (κ1) is 8.70. The lowest BCUT2D eigenvalue weighted by atomic mass is 10.1. The quantitative estimate of drug-likeness (QED) is 0.626. The zero-order chi connectivity index (χ0) is 9.26. The smallest absolute Gasteiger partial charge is 0.0713 e. The molecule has 2 heteroatoms. The minimum absolute atomic E-state index is 1.28. The van der Waals surface area contributed by atoms with E-state index in [4.69, 9.17) is 0 Å². The largest absolute Gasteiger partial charge is 0.365 e. The third kappa shape index (κ3) is 1.59. The summed E-state index contributed by atoms with van der Waals surface area (Å²) in [5, 5.41) is 0. The summed E-state index contributed by atoms with van der Waals surface area (Å²) in [6.45, 7) is 2.07. The Hall–Kier alpha value is -0.890. The van der Waals surface area contributed by atoms with Crippen LogP contribution in [0.1, 0.15) is 5.56 Å². The second-order valence-corrected chi connectivity index (χ2v) is 3.92. The Balaban J connectivity index is 2.47. The molecule has 2 rings (SSSR count). The second kappa shape index (κ2) is 3.46. The number of nitrogens with zero attached hydrogens (tertiary/aromatic N) is 1. The van der Waals surface area contributed by atoms with E-state index in [0.717, 1.165) is 0 Å². The first-order valence-corrected chi connectivity index (χ1v) is 5.46. The summed E-state index contributed by atoms with van der Waals surface area (Å²) in [6, 6.07) is 6.55. The van der Waals surface area contributed by atoms with E-state index < -0.39 is 0 Å². The van der Waals surface area contributed by atoms with Gasteiger partial charge in [-0.15, -0.1) is 11.8 Å². The molecule has 1 aliphatic rings. The Morgan fingerprint density at radius 3 is 2.92 bits per heavy atom. The van der Waals surface area contributed by atoms with Gasteiger partial charge in [-0.05, 0) is 30.0 Å². The molecule has 1 aromatic carbocycles. The number of rotatable bonds is 1. The van der Waals surface area contributed by atoms with Crippen LogP contribution in [0.4, 0.5) is 5.69 Å². The van der Waals surface area contributed by atoms with E-state index in [-0.39, 0.29) is 0 Å². The van der Waals surface area contributed by atoms with Crippen LogP contribution in [0.2, 0.25) is 0 Å². The highest BCUT2D eigenvalue weighted by Gasteiger charge is 2.08. The number of benzene rings is 1. The molecule has 13 heavy (non-hydrogen) atoms. The predicted molar refractivity (Wildman–Crippen MR) is 60.0 cm³/mol. The molecule has 1 aromatic rings. The maximum atomic E-state index is 2.22. The van der Waals surface area contributed by atoms with Gasteiger partial charge in [0.05, 0.1) is 6.54 Å². The van der Waals surface area contributed by atoms with Gasteiger partial charge < -0.3 is 4.90 Å². The number of thioether (sulfide) groups is 1. The molecule has 0 bridgehead atoms. The Labute approximate surface area is 83.4 Å². The lowest BCUT2D eigenvalue weighted by Crippen LogP contribution is -2.15. The van der Waals surface area contributed by atoms with Crippen LogP contribution in [-0.2, 0) is 0 Å². The van der Waals surface area contributed by atoms with Crippen LogP contribution >= 0.6 is 11.8 Å². The molecule has 0 spiro atoms. The molecular formula is C11H12NS. The first-order valence-electron chi connectivity index (χ1n) is 4.23. The van der Waals surface area contributed by atoms with Crippen molar-refractivity contribution >= 4 is 23.5 Å². The highest BCUT2D eigenvalue weighted by atomic mass is 32.2. The van der Waals surface area contributed by atoms with Gasteiger partial charge in [0.2, 0.25) is 0 Å². The number of hydrogen-bond acceptors (Lipinski definition) is 2. The standard InChI is InChI=1S/C11H12NS/c1-12-7-3-4-9-8-10(13-2)5-6-11(9)12/h3-8H,1-2H3. The molecule has 1 heterocycles. The van der Waals surface area contributed by atoms with Crippen LogP contribution in [0.5, 0.6) is 0 Å². The third-order valence-electron chi connectivity index (χ3n) is 2.20. The van der Waals surface area contributed by atoms with E-state index in [0.29, 0.717) is 0 Å². The molecule has 0 atom stereocenters. The van der Waals surface area contributed by atoms with Crippen LogP contribution in [0.3, 0.4) is 0 Å². The van der Waals surface area contributed by atoms with Crippen LogP contribution < -0.4 is 4.90 Å². The molecule has 1 nitrogen and oxygen atoms in total. The molecule has 0 unspecified atom stereocenters. The number of likely N-dealkylation sites (N-methyl/N-ethyl adjacent to an activating group) is 1. The molecule has 0 amide bonds. The van der Waals surface area contributed by atoms with E-state index in [1.54, 1.807) is 11.8 Å². The minimum atomic E-state index is 1.28. The molecule has 0 fully saturated rings. The first-order chi connectivity index (χ1) is 6.31. The predicted octanol–water partition coefficient (Wildman–Crippen LogP) is 3.03. The Morgan fingerprint density at radius 1 is 1.31 bits per heavy atom. The van der Waals surface area contributed by atoms with Crippen molar-refractivity contribution in [2.75, 3.05) is 18.2 Å². The number of hydrogen-bond donors (Lipinski definition) is 0. The van der Waals surface area contributed by atoms with Crippen molar-refractivity contribution in [1.29, 1.82) is 0 Å². The van der Waals surface area contributed by atoms with E-state index in [1.807, 2.05) is 0 Å². The zero-order valence-corrected chi connectivity index (χ0v) is 8.64. The van der Waals surface area contributed by atoms with Gasteiger partial charge in [0.25, 0.3) is 0 Å². The third-order valence-corrected chi connectivity index (χ3v) is 2.93.